The maximum Gasteiger partial charge on any atom is 0.573 e. The Morgan fingerprint density at radius 2 is 1.78 bits per heavy atom. The molecule has 0 aliphatic rings. The fraction of sp³-hybridized carbons (Fsp3) is 0.111. The average molecular weight is 393 g/mol. The number of hydrogen-bond acceptors (Lipinski definition) is 4. The molecule has 1 amide bonds. The maximum atomic E-state index is 12.4. The number of halogens is 3. The van der Waals surface area contributed by atoms with E-state index in [0.29, 0.717) is 10.8 Å². The number of imidazole rings is 1. The van der Waals surface area contributed by atoms with Crippen LogP contribution in [-0.2, 0) is 4.79 Å². The van der Waals surface area contributed by atoms with Gasteiger partial charge in [-0.1, -0.05) is 42.1 Å². The predicted octanol–water partition coefficient (Wildman–Crippen LogP) is 4.02. The van der Waals surface area contributed by atoms with Gasteiger partial charge in [-0.2, -0.15) is 0 Å². The highest BCUT2D eigenvalue weighted by molar-refractivity contribution is 7.99. The highest BCUT2D eigenvalue weighted by Gasteiger charge is 2.31. The van der Waals surface area contributed by atoms with Crippen LogP contribution in [0.2, 0.25) is 0 Å². The van der Waals surface area contributed by atoms with Crippen LogP contribution in [0, 0.1) is 0 Å². The number of aromatic nitrogens is 2. The second kappa shape index (κ2) is 7.75. The van der Waals surface area contributed by atoms with Crippen LogP contribution in [0.4, 0.5) is 13.2 Å². The largest absolute Gasteiger partial charge is 0.573 e. The third kappa shape index (κ3) is 4.82. The van der Waals surface area contributed by atoms with Crippen molar-refractivity contribution in [1.82, 2.24) is 9.55 Å². The Balaban J connectivity index is 2.01. The molecule has 140 valence electrons. The lowest BCUT2D eigenvalue weighted by molar-refractivity contribution is -0.274. The van der Waals surface area contributed by atoms with Crippen molar-refractivity contribution in [3.63, 3.8) is 0 Å². The van der Waals surface area contributed by atoms with Crippen LogP contribution >= 0.6 is 11.8 Å². The molecule has 2 aromatic carbocycles. The molecule has 0 saturated carbocycles. The van der Waals surface area contributed by atoms with Crippen molar-refractivity contribution in [3.8, 4) is 22.7 Å². The zero-order valence-electron chi connectivity index (χ0n) is 13.8. The van der Waals surface area contributed by atoms with Crippen molar-refractivity contribution in [2.24, 2.45) is 5.73 Å². The molecule has 0 atom stereocenters. The first-order valence-electron chi connectivity index (χ1n) is 7.74. The fourth-order valence-corrected chi connectivity index (χ4v) is 3.16. The first-order chi connectivity index (χ1) is 12.8. The number of rotatable bonds is 6. The van der Waals surface area contributed by atoms with E-state index in [4.69, 9.17) is 5.73 Å². The van der Waals surface area contributed by atoms with Crippen molar-refractivity contribution in [1.29, 1.82) is 0 Å². The molecule has 2 N–H and O–H groups in total. The number of carbonyl (C=O) groups is 1. The van der Waals surface area contributed by atoms with E-state index in [9.17, 15) is 18.0 Å². The van der Waals surface area contributed by atoms with Crippen LogP contribution in [0.25, 0.3) is 16.9 Å². The minimum atomic E-state index is -4.76. The second-order valence-corrected chi connectivity index (χ2v) is 6.37. The molecule has 9 heteroatoms. The SMILES string of the molecule is NC(=O)CSc1ncc(-c2ccccc2)n1-c1ccc(OC(F)(F)F)cc1. The topological polar surface area (TPSA) is 70.1 Å². The first-order valence-corrected chi connectivity index (χ1v) is 8.72. The molecule has 0 spiro atoms. The molecule has 1 aromatic heterocycles. The van der Waals surface area contributed by atoms with E-state index in [0.717, 1.165) is 23.0 Å². The Labute approximate surface area is 157 Å². The van der Waals surface area contributed by atoms with Gasteiger partial charge in [0.15, 0.2) is 5.16 Å². The number of primary amides is 1. The van der Waals surface area contributed by atoms with Gasteiger partial charge in [-0.05, 0) is 24.3 Å². The van der Waals surface area contributed by atoms with Crippen LogP contribution in [0.5, 0.6) is 5.75 Å². The van der Waals surface area contributed by atoms with Gasteiger partial charge < -0.3 is 10.5 Å². The molecule has 27 heavy (non-hydrogen) atoms. The standard InChI is InChI=1S/C18H14F3N3O2S/c19-18(20,21)26-14-8-6-13(7-9-14)24-15(12-4-2-1-3-5-12)10-23-17(24)27-11-16(22)25/h1-10H,11H2,(H2,22,25). The van der Waals surface area contributed by atoms with Crippen LogP contribution in [0.3, 0.4) is 0 Å². The summed E-state index contributed by atoms with van der Waals surface area (Å²) >= 11 is 1.15. The van der Waals surface area contributed by atoms with E-state index in [2.05, 4.69) is 9.72 Å². The predicted molar refractivity (Wildman–Crippen MR) is 95.6 cm³/mol. The smallest absolute Gasteiger partial charge is 0.406 e. The number of hydrogen-bond donors (Lipinski definition) is 1. The number of carbonyl (C=O) groups excluding carboxylic acids is 1. The molecular formula is C18H14F3N3O2S. The lowest BCUT2D eigenvalue weighted by Crippen LogP contribution is -2.17. The molecule has 0 aliphatic carbocycles. The normalized spacial score (nSPS) is 11.4. The minimum Gasteiger partial charge on any atom is -0.406 e. The zero-order valence-corrected chi connectivity index (χ0v) is 14.6. The minimum absolute atomic E-state index is 0.0283. The van der Waals surface area contributed by atoms with Gasteiger partial charge in [-0.25, -0.2) is 4.98 Å². The molecule has 0 aliphatic heterocycles. The summed E-state index contributed by atoms with van der Waals surface area (Å²) in [5.41, 5.74) is 7.38. The lowest BCUT2D eigenvalue weighted by Gasteiger charge is -2.13. The third-order valence-corrected chi connectivity index (χ3v) is 4.45. The van der Waals surface area contributed by atoms with E-state index in [1.165, 1.54) is 24.3 Å². The van der Waals surface area contributed by atoms with Crippen molar-refractivity contribution in [3.05, 3.63) is 60.8 Å². The van der Waals surface area contributed by atoms with Crippen LogP contribution < -0.4 is 10.5 Å². The van der Waals surface area contributed by atoms with Crippen molar-refractivity contribution >= 4 is 17.7 Å². The molecule has 1 heterocycles. The molecule has 0 radical (unpaired) electrons. The van der Waals surface area contributed by atoms with Crippen molar-refractivity contribution < 1.29 is 22.7 Å². The number of benzene rings is 2. The van der Waals surface area contributed by atoms with Gasteiger partial charge in [0.25, 0.3) is 0 Å². The van der Waals surface area contributed by atoms with Crippen LogP contribution in [0.15, 0.2) is 66.0 Å². The Bertz CT molecular complexity index is 925. The Kier molecular flexibility index (Phi) is 5.41. The van der Waals surface area contributed by atoms with Gasteiger partial charge in [0.05, 0.1) is 17.6 Å². The van der Waals surface area contributed by atoms with Gasteiger partial charge in [0.2, 0.25) is 5.91 Å². The Morgan fingerprint density at radius 1 is 1.11 bits per heavy atom. The van der Waals surface area contributed by atoms with E-state index >= 15 is 0 Å². The third-order valence-electron chi connectivity index (χ3n) is 3.47. The summed E-state index contributed by atoms with van der Waals surface area (Å²) in [4.78, 5) is 15.4. The zero-order chi connectivity index (χ0) is 19.4. The molecule has 0 unspecified atom stereocenters. The summed E-state index contributed by atoms with van der Waals surface area (Å²) in [5, 5.41) is 0.497. The van der Waals surface area contributed by atoms with E-state index in [1.807, 2.05) is 30.3 Å². The van der Waals surface area contributed by atoms with E-state index in [-0.39, 0.29) is 11.5 Å². The number of alkyl halides is 3. The summed E-state index contributed by atoms with van der Waals surface area (Å²) in [6.07, 6.45) is -3.12. The monoisotopic (exact) mass is 393 g/mol. The Hall–Kier alpha value is -2.94. The van der Waals surface area contributed by atoms with Crippen molar-refractivity contribution in [2.45, 2.75) is 11.5 Å². The van der Waals surface area contributed by atoms with Crippen molar-refractivity contribution in [2.75, 3.05) is 5.75 Å². The Morgan fingerprint density at radius 3 is 2.37 bits per heavy atom. The lowest BCUT2D eigenvalue weighted by atomic mass is 10.1. The molecule has 3 rings (SSSR count). The van der Waals surface area contributed by atoms with Gasteiger partial charge in [0.1, 0.15) is 5.75 Å². The number of nitrogens with two attached hydrogens (primary N) is 1. The summed E-state index contributed by atoms with van der Waals surface area (Å²) in [6, 6.07) is 14.8. The summed E-state index contributed by atoms with van der Waals surface area (Å²) in [7, 11) is 0. The van der Waals surface area contributed by atoms with Gasteiger partial charge in [-0.15, -0.1) is 13.2 Å². The molecule has 3 aromatic rings. The molecule has 5 nitrogen and oxygen atoms in total. The number of nitrogens with zero attached hydrogens (tertiary/aromatic N) is 2. The second-order valence-electron chi connectivity index (χ2n) is 5.42. The molecular weight excluding hydrogens is 379 g/mol. The number of ether oxygens (including phenoxy) is 1. The average Bonchev–Trinajstić information content (AvgIpc) is 3.04. The maximum absolute atomic E-state index is 12.4. The number of thioether (sulfide) groups is 1. The van der Waals surface area contributed by atoms with Crippen LogP contribution in [-0.4, -0.2) is 27.6 Å². The van der Waals surface area contributed by atoms with Gasteiger partial charge in [-0.3, -0.25) is 9.36 Å². The summed E-state index contributed by atoms with van der Waals surface area (Å²) in [5.74, 6) is -0.788. The van der Waals surface area contributed by atoms with E-state index < -0.39 is 12.3 Å². The fourth-order valence-electron chi connectivity index (χ4n) is 2.43. The van der Waals surface area contributed by atoms with Crippen LogP contribution in [0.1, 0.15) is 0 Å². The quantitative estimate of drug-likeness (QED) is 0.643. The molecule has 0 saturated heterocycles. The van der Waals surface area contributed by atoms with Gasteiger partial charge >= 0.3 is 6.36 Å². The summed E-state index contributed by atoms with van der Waals surface area (Å²) < 4.78 is 42.7. The highest BCUT2D eigenvalue weighted by atomic mass is 32.2. The first kappa shape index (κ1) is 18.8. The number of amides is 1. The summed E-state index contributed by atoms with van der Waals surface area (Å²) in [6.45, 7) is 0. The highest BCUT2D eigenvalue weighted by Crippen LogP contribution is 2.31. The molecule has 0 fully saturated rings. The molecule has 0 bridgehead atoms. The van der Waals surface area contributed by atoms with E-state index in [1.54, 1.807) is 10.8 Å². The van der Waals surface area contributed by atoms with Gasteiger partial charge in [0, 0.05) is 11.3 Å².